The van der Waals surface area contributed by atoms with Crippen molar-refractivity contribution < 1.29 is 23.8 Å². The van der Waals surface area contributed by atoms with Crippen molar-refractivity contribution in [1.82, 2.24) is 10.3 Å². The molecule has 0 bridgehead atoms. The standard InChI is InChI=1S/C31H26N2O5/c1-36-24-12-7-20(8-13-24)18-32-30(34)19-38-31(35)27-17-29(33-28-6-4-3-5-26(27)28)23-10-9-22-16-25(37-2)14-11-21(22)15-23/h3-17H,18-19H2,1-2H3,(H,32,34). The molecule has 0 spiro atoms. The number of benzene rings is 4. The monoisotopic (exact) mass is 506 g/mol. The number of rotatable bonds is 8. The molecule has 0 unspecified atom stereocenters. The smallest absolute Gasteiger partial charge is 0.339 e. The number of amides is 1. The van der Waals surface area contributed by atoms with Crippen molar-refractivity contribution in [3.05, 3.63) is 102 Å². The van der Waals surface area contributed by atoms with Crippen molar-refractivity contribution in [3.63, 3.8) is 0 Å². The number of carbonyl (C=O) groups is 2. The first-order chi connectivity index (χ1) is 18.5. The summed E-state index contributed by atoms with van der Waals surface area (Å²) in [6, 6.07) is 28.3. The highest BCUT2D eigenvalue weighted by Gasteiger charge is 2.17. The molecule has 0 radical (unpaired) electrons. The average Bonchev–Trinajstić information content (AvgIpc) is 2.97. The number of aromatic nitrogens is 1. The zero-order chi connectivity index (χ0) is 26.5. The number of methoxy groups -OCH3 is 2. The summed E-state index contributed by atoms with van der Waals surface area (Å²) in [6.45, 7) is -0.0741. The Kier molecular flexibility index (Phi) is 7.17. The molecule has 1 amide bonds. The minimum absolute atomic E-state index is 0.316. The number of nitrogens with zero attached hydrogens (tertiary/aromatic N) is 1. The Balaban J connectivity index is 1.34. The Hall–Kier alpha value is -4.91. The number of fused-ring (bicyclic) bond motifs is 2. The highest BCUT2D eigenvalue weighted by Crippen LogP contribution is 2.29. The van der Waals surface area contributed by atoms with E-state index >= 15 is 0 Å². The van der Waals surface area contributed by atoms with Gasteiger partial charge in [0.25, 0.3) is 5.91 Å². The fraction of sp³-hybridized carbons (Fsp3) is 0.129. The van der Waals surface area contributed by atoms with Gasteiger partial charge in [0.2, 0.25) is 0 Å². The third-order valence-electron chi connectivity index (χ3n) is 6.26. The van der Waals surface area contributed by atoms with Crippen LogP contribution >= 0.6 is 0 Å². The first-order valence-corrected chi connectivity index (χ1v) is 12.1. The Morgan fingerprint density at radius 2 is 1.50 bits per heavy atom. The van der Waals surface area contributed by atoms with E-state index in [1.165, 1.54) is 0 Å². The minimum Gasteiger partial charge on any atom is -0.497 e. The minimum atomic E-state index is -0.588. The third-order valence-corrected chi connectivity index (χ3v) is 6.26. The van der Waals surface area contributed by atoms with Crippen LogP contribution in [0.15, 0.2) is 91.0 Å². The van der Waals surface area contributed by atoms with Gasteiger partial charge in [0.15, 0.2) is 6.61 Å². The molecular formula is C31H26N2O5. The second kappa shape index (κ2) is 11.0. The van der Waals surface area contributed by atoms with Gasteiger partial charge in [-0.25, -0.2) is 9.78 Å². The van der Waals surface area contributed by atoms with Gasteiger partial charge in [0.1, 0.15) is 11.5 Å². The van der Waals surface area contributed by atoms with Gasteiger partial charge < -0.3 is 19.5 Å². The molecule has 0 saturated carbocycles. The van der Waals surface area contributed by atoms with Crippen LogP contribution in [0.1, 0.15) is 15.9 Å². The van der Waals surface area contributed by atoms with Gasteiger partial charge in [0.05, 0.1) is 31.0 Å². The summed E-state index contributed by atoms with van der Waals surface area (Å²) in [4.78, 5) is 30.3. The fourth-order valence-electron chi connectivity index (χ4n) is 4.21. The lowest BCUT2D eigenvalue weighted by atomic mass is 10.0. The number of hydrogen-bond acceptors (Lipinski definition) is 6. The third kappa shape index (κ3) is 5.42. The lowest BCUT2D eigenvalue weighted by molar-refractivity contribution is -0.124. The van der Waals surface area contributed by atoms with E-state index in [0.29, 0.717) is 28.7 Å². The second-order valence-electron chi connectivity index (χ2n) is 8.70. The molecule has 0 aliphatic rings. The van der Waals surface area contributed by atoms with E-state index in [0.717, 1.165) is 33.4 Å². The van der Waals surface area contributed by atoms with Crippen LogP contribution in [-0.4, -0.2) is 37.7 Å². The largest absolute Gasteiger partial charge is 0.497 e. The van der Waals surface area contributed by atoms with Crippen molar-refractivity contribution in [2.45, 2.75) is 6.54 Å². The van der Waals surface area contributed by atoms with Crippen LogP contribution in [0.25, 0.3) is 32.9 Å². The SMILES string of the molecule is COc1ccc(CNC(=O)COC(=O)c2cc(-c3ccc4cc(OC)ccc4c3)nc3ccccc23)cc1. The summed E-state index contributed by atoms with van der Waals surface area (Å²) in [5.41, 5.74) is 3.42. The Bertz CT molecular complexity index is 1630. The number of nitrogens with one attached hydrogen (secondary N) is 1. The van der Waals surface area contributed by atoms with Crippen LogP contribution in [0.3, 0.4) is 0 Å². The molecule has 0 saturated heterocycles. The summed E-state index contributed by atoms with van der Waals surface area (Å²) >= 11 is 0. The molecule has 38 heavy (non-hydrogen) atoms. The zero-order valence-electron chi connectivity index (χ0n) is 21.1. The molecule has 0 fully saturated rings. The maximum atomic E-state index is 13.1. The van der Waals surface area contributed by atoms with Crippen LogP contribution in [0.4, 0.5) is 0 Å². The Labute approximate surface area is 220 Å². The van der Waals surface area contributed by atoms with E-state index in [-0.39, 0.29) is 0 Å². The summed E-state index contributed by atoms with van der Waals surface area (Å²) in [7, 11) is 3.24. The van der Waals surface area contributed by atoms with E-state index in [1.807, 2.05) is 84.9 Å². The summed E-state index contributed by atoms with van der Waals surface area (Å²) in [6.07, 6.45) is 0. The zero-order valence-corrected chi connectivity index (χ0v) is 21.1. The van der Waals surface area contributed by atoms with E-state index in [2.05, 4.69) is 5.32 Å². The molecule has 4 aromatic carbocycles. The number of esters is 1. The van der Waals surface area contributed by atoms with Crippen molar-refractivity contribution in [2.75, 3.05) is 20.8 Å². The van der Waals surface area contributed by atoms with Crippen molar-refractivity contribution >= 4 is 33.6 Å². The molecule has 5 rings (SSSR count). The molecular weight excluding hydrogens is 480 g/mol. The average molecular weight is 507 g/mol. The highest BCUT2D eigenvalue weighted by atomic mass is 16.5. The van der Waals surface area contributed by atoms with Gasteiger partial charge >= 0.3 is 5.97 Å². The molecule has 1 aromatic heterocycles. The van der Waals surface area contributed by atoms with E-state index in [4.69, 9.17) is 19.2 Å². The molecule has 1 heterocycles. The van der Waals surface area contributed by atoms with Gasteiger partial charge in [0, 0.05) is 17.5 Å². The van der Waals surface area contributed by atoms with Crippen LogP contribution in [0, 0.1) is 0 Å². The van der Waals surface area contributed by atoms with Crippen LogP contribution in [-0.2, 0) is 16.1 Å². The number of hydrogen-bond donors (Lipinski definition) is 1. The van der Waals surface area contributed by atoms with E-state index in [1.54, 1.807) is 20.3 Å². The lowest BCUT2D eigenvalue weighted by Crippen LogP contribution is -2.28. The first-order valence-electron chi connectivity index (χ1n) is 12.1. The van der Waals surface area contributed by atoms with Crippen LogP contribution < -0.4 is 14.8 Å². The lowest BCUT2D eigenvalue weighted by Gasteiger charge is -2.11. The highest BCUT2D eigenvalue weighted by molar-refractivity contribution is 6.05. The predicted octanol–water partition coefficient (Wildman–Crippen LogP) is 5.55. The normalized spacial score (nSPS) is 10.8. The van der Waals surface area contributed by atoms with Gasteiger partial charge in [-0.2, -0.15) is 0 Å². The molecule has 190 valence electrons. The van der Waals surface area contributed by atoms with Gasteiger partial charge in [-0.3, -0.25) is 4.79 Å². The predicted molar refractivity (Wildman–Crippen MR) is 146 cm³/mol. The molecule has 0 aliphatic carbocycles. The summed E-state index contributed by atoms with van der Waals surface area (Å²) in [5, 5.41) is 5.48. The van der Waals surface area contributed by atoms with Crippen molar-refractivity contribution in [2.24, 2.45) is 0 Å². The van der Waals surface area contributed by atoms with Crippen LogP contribution in [0.2, 0.25) is 0 Å². The number of ether oxygens (including phenoxy) is 3. The quantitative estimate of drug-likeness (QED) is 0.278. The number of carbonyl (C=O) groups excluding carboxylic acids is 2. The van der Waals surface area contributed by atoms with Crippen molar-refractivity contribution in [3.8, 4) is 22.8 Å². The van der Waals surface area contributed by atoms with Crippen LogP contribution in [0.5, 0.6) is 11.5 Å². The Morgan fingerprint density at radius 3 is 2.29 bits per heavy atom. The van der Waals surface area contributed by atoms with E-state index in [9.17, 15) is 9.59 Å². The molecule has 7 heteroatoms. The fourth-order valence-corrected chi connectivity index (χ4v) is 4.21. The van der Waals surface area contributed by atoms with Crippen molar-refractivity contribution in [1.29, 1.82) is 0 Å². The first kappa shape index (κ1) is 24.8. The van der Waals surface area contributed by atoms with Gasteiger partial charge in [-0.1, -0.05) is 48.5 Å². The Morgan fingerprint density at radius 1 is 0.789 bits per heavy atom. The topological polar surface area (TPSA) is 86.8 Å². The van der Waals surface area contributed by atoms with Gasteiger partial charge in [-0.05, 0) is 58.8 Å². The number of pyridine rings is 1. The molecule has 1 N–H and O–H groups in total. The summed E-state index contributed by atoms with van der Waals surface area (Å²) in [5.74, 6) is 0.543. The molecule has 0 aliphatic heterocycles. The second-order valence-corrected chi connectivity index (χ2v) is 8.70. The molecule has 7 nitrogen and oxygen atoms in total. The molecule has 0 atom stereocenters. The number of para-hydroxylation sites is 1. The summed E-state index contributed by atoms with van der Waals surface area (Å²) < 4.78 is 15.9. The maximum absolute atomic E-state index is 13.1. The molecule has 5 aromatic rings. The van der Waals surface area contributed by atoms with Gasteiger partial charge in [-0.15, -0.1) is 0 Å². The maximum Gasteiger partial charge on any atom is 0.339 e. The van der Waals surface area contributed by atoms with E-state index < -0.39 is 18.5 Å².